The molecule has 1 aromatic heterocycles. The first kappa shape index (κ1) is 10.2. The largest absolute Gasteiger partial charge is 0.355 e. The maximum Gasteiger partial charge on any atom is 0.220 e. The summed E-state index contributed by atoms with van der Waals surface area (Å²) in [5.74, 6) is 0.155. The van der Waals surface area contributed by atoms with Gasteiger partial charge in [-0.1, -0.05) is 6.92 Å². The first-order chi connectivity index (χ1) is 7.14. The number of nitrogens with one attached hydrogen (secondary N) is 1. The highest BCUT2D eigenvalue weighted by Gasteiger charge is 2.33. The minimum Gasteiger partial charge on any atom is -0.355 e. The lowest BCUT2D eigenvalue weighted by Gasteiger charge is -2.31. The number of carbonyl (C=O) groups is 1. The molecule has 1 fully saturated rings. The summed E-state index contributed by atoms with van der Waals surface area (Å²) in [5, 5.41) is 7.42. The van der Waals surface area contributed by atoms with Crippen LogP contribution in [0.5, 0.6) is 0 Å². The van der Waals surface area contributed by atoms with Crippen LogP contribution in [0.3, 0.4) is 0 Å². The summed E-state index contributed by atoms with van der Waals surface area (Å²) in [7, 11) is 0. The fourth-order valence-corrected chi connectivity index (χ4v) is 1.94. The molecule has 1 amide bonds. The summed E-state index contributed by atoms with van der Waals surface area (Å²) in [6.45, 7) is 5.82. The quantitative estimate of drug-likeness (QED) is 0.788. The fraction of sp³-hybridized carbons (Fsp3) is 0.636. The zero-order chi connectivity index (χ0) is 10.9. The van der Waals surface area contributed by atoms with Crippen LogP contribution in [0.4, 0.5) is 0 Å². The molecule has 1 unspecified atom stereocenters. The molecule has 1 aliphatic rings. The highest BCUT2D eigenvalue weighted by Crippen LogP contribution is 2.29. The molecule has 0 bridgehead atoms. The van der Waals surface area contributed by atoms with E-state index in [-0.39, 0.29) is 11.3 Å². The van der Waals surface area contributed by atoms with Gasteiger partial charge in [0.1, 0.15) is 0 Å². The second-order valence-electron chi connectivity index (χ2n) is 4.39. The van der Waals surface area contributed by atoms with Crippen molar-refractivity contribution in [2.45, 2.75) is 38.6 Å². The Morgan fingerprint density at radius 1 is 1.67 bits per heavy atom. The molecular formula is C11H17N3O. The summed E-state index contributed by atoms with van der Waals surface area (Å²) in [6, 6.07) is 2.06. The molecule has 4 heteroatoms. The molecule has 4 nitrogen and oxygen atoms in total. The summed E-state index contributed by atoms with van der Waals surface area (Å²) >= 11 is 0. The van der Waals surface area contributed by atoms with E-state index >= 15 is 0 Å². The molecule has 0 radical (unpaired) electrons. The Kier molecular flexibility index (Phi) is 2.50. The van der Waals surface area contributed by atoms with Crippen LogP contribution >= 0.6 is 0 Å². The van der Waals surface area contributed by atoms with Crippen LogP contribution in [0.25, 0.3) is 0 Å². The highest BCUT2D eigenvalue weighted by atomic mass is 16.1. The maximum absolute atomic E-state index is 11.1. The number of carbonyl (C=O) groups excluding carboxylic acids is 1. The lowest BCUT2D eigenvalue weighted by atomic mass is 9.80. The van der Waals surface area contributed by atoms with Crippen molar-refractivity contribution in [2.24, 2.45) is 0 Å². The molecule has 0 aromatic carbocycles. The Balaban J connectivity index is 2.18. The van der Waals surface area contributed by atoms with Gasteiger partial charge in [-0.2, -0.15) is 5.10 Å². The fourth-order valence-electron chi connectivity index (χ4n) is 1.94. The van der Waals surface area contributed by atoms with E-state index in [1.807, 2.05) is 10.9 Å². The third kappa shape index (κ3) is 1.89. The van der Waals surface area contributed by atoms with Crippen molar-refractivity contribution >= 4 is 5.91 Å². The van der Waals surface area contributed by atoms with Gasteiger partial charge in [-0.3, -0.25) is 9.48 Å². The topological polar surface area (TPSA) is 46.9 Å². The Hall–Kier alpha value is -1.32. The molecule has 0 spiro atoms. The minimum absolute atomic E-state index is 0.00826. The molecule has 2 rings (SSSR count). The SMILES string of the molecule is CCn1ccc(C2(C)CCC(=O)NC2)n1. The highest BCUT2D eigenvalue weighted by molar-refractivity contribution is 5.77. The number of aromatic nitrogens is 2. The lowest BCUT2D eigenvalue weighted by molar-refractivity contribution is -0.123. The Morgan fingerprint density at radius 3 is 3.00 bits per heavy atom. The lowest BCUT2D eigenvalue weighted by Crippen LogP contribution is -2.44. The molecule has 0 aliphatic carbocycles. The van der Waals surface area contributed by atoms with Gasteiger partial charge in [-0.15, -0.1) is 0 Å². The molecular weight excluding hydrogens is 190 g/mol. The third-order valence-electron chi connectivity index (χ3n) is 3.16. The summed E-state index contributed by atoms with van der Waals surface area (Å²) < 4.78 is 1.93. The smallest absolute Gasteiger partial charge is 0.220 e. The number of hydrogen-bond acceptors (Lipinski definition) is 2. The van der Waals surface area contributed by atoms with Crippen LogP contribution in [0.2, 0.25) is 0 Å². The zero-order valence-electron chi connectivity index (χ0n) is 9.29. The monoisotopic (exact) mass is 207 g/mol. The van der Waals surface area contributed by atoms with Crippen LogP contribution in [0.1, 0.15) is 32.4 Å². The van der Waals surface area contributed by atoms with Crippen LogP contribution in [0, 0.1) is 0 Å². The first-order valence-electron chi connectivity index (χ1n) is 5.45. The van der Waals surface area contributed by atoms with E-state index < -0.39 is 0 Å². The molecule has 2 heterocycles. The Bertz CT molecular complexity index is 360. The second-order valence-corrected chi connectivity index (χ2v) is 4.39. The van der Waals surface area contributed by atoms with Gasteiger partial charge in [0, 0.05) is 31.1 Å². The standard InChI is InChI=1S/C11H17N3O/c1-3-14-7-5-9(13-14)11(2)6-4-10(15)12-8-11/h5,7H,3-4,6,8H2,1-2H3,(H,12,15). The van der Waals surface area contributed by atoms with Crippen molar-refractivity contribution < 1.29 is 4.79 Å². The normalized spacial score (nSPS) is 26.4. The molecule has 82 valence electrons. The maximum atomic E-state index is 11.1. The third-order valence-corrected chi connectivity index (χ3v) is 3.16. The number of amides is 1. The van der Waals surface area contributed by atoms with Gasteiger partial charge in [-0.05, 0) is 19.4 Å². The van der Waals surface area contributed by atoms with Crippen LogP contribution < -0.4 is 5.32 Å². The Morgan fingerprint density at radius 2 is 2.47 bits per heavy atom. The van der Waals surface area contributed by atoms with Crippen LogP contribution in [-0.2, 0) is 16.8 Å². The average molecular weight is 207 g/mol. The van der Waals surface area contributed by atoms with Crippen molar-refractivity contribution in [3.63, 3.8) is 0 Å². The molecule has 1 aliphatic heterocycles. The van der Waals surface area contributed by atoms with Crippen molar-refractivity contribution in [2.75, 3.05) is 6.54 Å². The molecule has 15 heavy (non-hydrogen) atoms. The van der Waals surface area contributed by atoms with Crippen molar-refractivity contribution in [3.05, 3.63) is 18.0 Å². The van der Waals surface area contributed by atoms with E-state index in [4.69, 9.17) is 0 Å². The summed E-state index contributed by atoms with van der Waals surface area (Å²) in [4.78, 5) is 11.1. The van der Waals surface area contributed by atoms with Crippen molar-refractivity contribution in [3.8, 4) is 0 Å². The number of piperidine rings is 1. The molecule has 1 N–H and O–H groups in total. The van der Waals surface area contributed by atoms with Crippen molar-refractivity contribution in [1.82, 2.24) is 15.1 Å². The van der Waals surface area contributed by atoms with Crippen LogP contribution in [-0.4, -0.2) is 22.2 Å². The van der Waals surface area contributed by atoms with Gasteiger partial charge >= 0.3 is 0 Å². The molecule has 1 saturated heterocycles. The van der Waals surface area contributed by atoms with Gasteiger partial charge < -0.3 is 5.32 Å². The van der Waals surface area contributed by atoms with Gasteiger partial charge in [0.15, 0.2) is 0 Å². The number of hydrogen-bond donors (Lipinski definition) is 1. The van der Waals surface area contributed by atoms with Gasteiger partial charge in [0.25, 0.3) is 0 Å². The van der Waals surface area contributed by atoms with Gasteiger partial charge in [0.2, 0.25) is 5.91 Å². The summed E-state index contributed by atoms with van der Waals surface area (Å²) in [5.41, 5.74) is 1.10. The number of aryl methyl sites for hydroxylation is 1. The van der Waals surface area contributed by atoms with E-state index in [9.17, 15) is 4.79 Å². The van der Waals surface area contributed by atoms with Gasteiger partial charge in [0.05, 0.1) is 5.69 Å². The predicted octanol–water partition coefficient (Wildman–Crippen LogP) is 1.07. The molecule has 0 saturated carbocycles. The predicted molar refractivity (Wildman–Crippen MR) is 57.5 cm³/mol. The Labute approximate surface area is 89.7 Å². The average Bonchev–Trinajstić information content (AvgIpc) is 2.72. The second kappa shape index (κ2) is 3.68. The van der Waals surface area contributed by atoms with E-state index in [1.54, 1.807) is 0 Å². The minimum atomic E-state index is 0.00826. The van der Waals surface area contributed by atoms with Crippen molar-refractivity contribution in [1.29, 1.82) is 0 Å². The first-order valence-corrected chi connectivity index (χ1v) is 5.45. The van der Waals surface area contributed by atoms with Gasteiger partial charge in [-0.25, -0.2) is 0 Å². The molecule has 1 atom stereocenters. The summed E-state index contributed by atoms with van der Waals surface area (Å²) in [6.07, 6.45) is 3.49. The number of rotatable bonds is 2. The van der Waals surface area contributed by atoms with Crippen LogP contribution in [0.15, 0.2) is 12.3 Å². The van der Waals surface area contributed by atoms with E-state index in [0.717, 1.165) is 18.7 Å². The zero-order valence-corrected chi connectivity index (χ0v) is 9.29. The van der Waals surface area contributed by atoms with E-state index in [1.165, 1.54) is 0 Å². The molecule has 1 aromatic rings. The van der Waals surface area contributed by atoms with E-state index in [0.29, 0.717) is 13.0 Å². The number of nitrogens with zero attached hydrogens (tertiary/aromatic N) is 2. The van der Waals surface area contributed by atoms with E-state index in [2.05, 4.69) is 30.3 Å².